The molecule has 1 amide bonds. The van der Waals surface area contributed by atoms with Crippen molar-refractivity contribution >= 4 is 15.9 Å². The summed E-state index contributed by atoms with van der Waals surface area (Å²) in [5, 5.41) is 0. The van der Waals surface area contributed by atoms with Crippen LogP contribution >= 0.6 is 0 Å². The van der Waals surface area contributed by atoms with Crippen molar-refractivity contribution in [2.24, 2.45) is 0 Å². The molecule has 4 rings (SSSR count). The Hall–Kier alpha value is -2.62. The SMILES string of the molecule is COc1ccc(C2CCCN2C(=O)CCc2ccc(S(=O)(=O)N3CCOCC3)cc2)c(OC)c1. The molecule has 2 aliphatic rings. The highest BCUT2D eigenvalue weighted by Crippen LogP contribution is 2.39. The summed E-state index contributed by atoms with van der Waals surface area (Å²) in [5.41, 5.74) is 1.93. The highest BCUT2D eigenvalue weighted by atomic mass is 32.2. The zero-order valence-corrected chi connectivity index (χ0v) is 20.6. The number of hydrogen-bond acceptors (Lipinski definition) is 6. The normalized spacial score (nSPS) is 19.2. The number of nitrogens with zero attached hydrogens (tertiary/aromatic N) is 2. The molecular weight excluding hydrogens is 456 g/mol. The fraction of sp³-hybridized carbons (Fsp3) is 0.480. The van der Waals surface area contributed by atoms with Crippen LogP contribution in [0.1, 0.15) is 36.4 Å². The Bertz CT molecular complexity index is 1100. The van der Waals surface area contributed by atoms with Gasteiger partial charge in [0.15, 0.2) is 0 Å². The fourth-order valence-corrected chi connectivity index (χ4v) is 6.05. The number of aryl methyl sites for hydroxylation is 1. The van der Waals surface area contributed by atoms with Gasteiger partial charge in [0, 0.05) is 37.7 Å². The molecule has 1 atom stereocenters. The third kappa shape index (κ3) is 5.21. The molecule has 2 fully saturated rings. The number of hydrogen-bond donors (Lipinski definition) is 0. The van der Waals surface area contributed by atoms with Crippen molar-refractivity contribution in [3.8, 4) is 11.5 Å². The van der Waals surface area contributed by atoms with E-state index in [0.717, 1.165) is 42.0 Å². The lowest BCUT2D eigenvalue weighted by atomic mass is 10.0. The molecule has 0 bridgehead atoms. The Morgan fingerprint density at radius 3 is 2.44 bits per heavy atom. The van der Waals surface area contributed by atoms with E-state index < -0.39 is 10.0 Å². The number of rotatable bonds is 8. The van der Waals surface area contributed by atoms with Gasteiger partial charge >= 0.3 is 0 Å². The second-order valence-electron chi connectivity index (χ2n) is 8.51. The van der Waals surface area contributed by atoms with Crippen LogP contribution in [0.5, 0.6) is 11.5 Å². The van der Waals surface area contributed by atoms with E-state index in [2.05, 4.69) is 0 Å². The van der Waals surface area contributed by atoms with E-state index in [1.54, 1.807) is 38.5 Å². The summed E-state index contributed by atoms with van der Waals surface area (Å²) in [5.74, 6) is 1.53. The molecule has 0 spiro atoms. The van der Waals surface area contributed by atoms with Crippen LogP contribution in [0.4, 0.5) is 0 Å². The van der Waals surface area contributed by atoms with Gasteiger partial charge in [-0.3, -0.25) is 4.79 Å². The van der Waals surface area contributed by atoms with Gasteiger partial charge in [0.25, 0.3) is 0 Å². The molecule has 0 saturated carbocycles. The number of carbonyl (C=O) groups excluding carboxylic acids is 1. The van der Waals surface area contributed by atoms with Crippen LogP contribution in [0.2, 0.25) is 0 Å². The number of morpholine rings is 1. The van der Waals surface area contributed by atoms with Gasteiger partial charge < -0.3 is 19.1 Å². The zero-order valence-electron chi connectivity index (χ0n) is 19.7. The molecule has 0 aliphatic carbocycles. The average Bonchev–Trinajstić information content (AvgIpc) is 3.37. The highest BCUT2D eigenvalue weighted by molar-refractivity contribution is 7.89. The standard InChI is InChI=1S/C25H32N2O6S/c1-31-20-8-11-22(24(18-20)32-2)23-4-3-13-27(23)25(28)12-7-19-5-9-21(10-6-19)34(29,30)26-14-16-33-17-15-26/h5-6,8-11,18,23H,3-4,7,12-17H2,1-2H3. The van der Waals surface area contributed by atoms with Crippen LogP contribution in [0.3, 0.4) is 0 Å². The van der Waals surface area contributed by atoms with Crippen molar-refractivity contribution in [2.45, 2.75) is 36.6 Å². The summed E-state index contributed by atoms with van der Waals surface area (Å²) in [6.07, 6.45) is 2.76. The highest BCUT2D eigenvalue weighted by Gasteiger charge is 2.32. The first kappa shape index (κ1) is 24.5. The monoisotopic (exact) mass is 488 g/mol. The summed E-state index contributed by atoms with van der Waals surface area (Å²) in [6.45, 7) is 2.29. The van der Waals surface area contributed by atoms with Gasteiger partial charge in [0.2, 0.25) is 15.9 Å². The van der Waals surface area contributed by atoms with E-state index in [-0.39, 0.29) is 16.8 Å². The van der Waals surface area contributed by atoms with Crippen LogP contribution in [0.15, 0.2) is 47.4 Å². The number of carbonyl (C=O) groups is 1. The van der Waals surface area contributed by atoms with Crippen molar-refractivity contribution in [1.29, 1.82) is 0 Å². The molecule has 34 heavy (non-hydrogen) atoms. The Labute approximate surface area is 201 Å². The lowest BCUT2D eigenvalue weighted by Gasteiger charge is -2.27. The molecule has 8 nitrogen and oxygen atoms in total. The van der Waals surface area contributed by atoms with Crippen molar-refractivity contribution in [3.63, 3.8) is 0 Å². The van der Waals surface area contributed by atoms with Gasteiger partial charge in [-0.1, -0.05) is 12.1 Å². The Balaban J connectivity index is 1.39. The van der Waals surface area contributed by atoms with Gasteiger partial charge in [0.1, 0.15) is 11.5 Å². The third-order valence-electron chi connectivity index (χ3n) is 6.53. The van der Waals surface area contributed by atoms with Gasteiger partial charge in [-0.2, -0.15) is 4.31 Å². The van der Waals surface area contributed by atoms with Crippen LogP contribution < -0.4 is 9.47 Å². The molecule has 2 aromatic rings. The van der Waals surface area contributed by atoms with E-state index in [1.807, 2.05) is 23.1 Å². The minimum atomic E-state index is -3.52. The van der Waals surface area contributed by atoms with Crippen LogP contribution in [-0.4, -0.2) is 70.6 Å². The summed E-state index contributed by atoms with van der Waals surface area (Å²) >= 11 is 0. The second-order valence-corrected chi connectivity index (χ2v) is 10.5. The maximum atomic E-state index is 13.1. The molecule has 9 heteroatoms. The smallest absolute Gasteiger partial charge is 0.243 e. The van der Waals surface area contributed by atoms with Gasteiger partial charge in [-0.15, -0.1) is 0 Å². The van der Waals surface area contributed by atoms with Crippen LogP contribution in [-0.2, 0) is 26.0 Å². The summed E-state index contributed by atoms with van der Waals surface area (Å²) in [7, 11) is -0.273. The molecule has 2 aliphatic heterocycles. The minimum absolute atomic E-state index is 0.0191. The predicted molar refractivity (Wildman–Crippen MR) is 128 cm³/mol. The lowest BCUT2D eigenvalue weighted by Crippen LogP contribution is -2.40. The number of likely N-dealkylation sites (tertiary alicyclic amines) is 1. The van der Waals surface area contributed by atoms with Gasteiger partial charge in [-0.05, 0) is 49.1 Å². The minimum Gasteiger partial charge on any atom is -0.497 e. The molecule has 1 unspecified atom stereocenters. The number of sulfonamides is 1. The first-order valence-corrected chi connectivity index (χ1v) is 13.1. The molecule has 0 aromatic heterocycles. The van der Waals surface area contributed by atoms with E-state index in [9.17, 15) is 13.2 Å². The van der Waals surface area contributed by atoms with E-state index in [1.165, 1.54) is 4.31 Å². The first-order chi connectivity index (χ1) is 16.4. The van der Waals surface area contributed by atoms with Crippen LogP contribution in [0.25, 0.3) is 0 Å². The van der Waals surface area contributed by atoms with Crippen molar-refractivity contribution < 1.29 is 27.4 Å². The predicted octanol–water partition coefficient (Wildman–Crippen LogP) is 3.02. The molecule has 2 aromatic carbocycles. The molecule has 2 heterocycles. The molecule has 0 radical (unpaired) electrons. The van der Waals surface area contributed by atoms with Gasteiger partial charge in [-0.25, -0.2) is 8.42 Å². The van der Waals surface area contributed by atoms with E-state index in [0.29, 0.717) is 39.1 Å². The largest absolute Gasteiger partial charge is 0.497 e. The number of ether oxygens (including phenoxy) is 3. The lowest BCUT2D eigenvalue weighted by molar-refractivity contribution is -0.132. The Morgan fingerprint density at radius 1 is 1.03 bits per heavy atom. The third-order valence-corrected chi connectivity index (χ3v) is 8.44. The quantitative estimate of drug-likeness (QED) is 0.568. The molecule has 2 saturated heterocycles. The maximum Gasteiger partial charge on any atom is 0.243 e. The van der Waals surface area contributed by atoms with Gasteiger partial charge in [0.05, 0.1) is 38.4 Å². The fourth-order valence-electron chi connectivity index (χ4n) is 4.64. The number of amides is 1. The van der Waals surface area contributed by atoms with Crippen LogP contribution in [0, 0.1) is 0 Å². The second kappa shape index (κ2) is 10.8. The molecule has 184 valence electrons. The number of methoxy groups -OCH3 is 2. The zero-order chi connectivity index (χ0) is 24.1. The topological polar surface area (TPSA) is 85.4 Å². The summed E-state index contributed by atoms with van der Waals surface area (Å²) in [4.78, 5) is 15.3. The summed E-state index contributed by atoms with van der Waals surface area (Å²) in [6, 6.07) is 12.6. The number of benzene rings is 2. The van der Waals surface area contributed by atoms with Crippen molar-refractivity contribution in [3.05, 3.63) is 53.6 Å². The molecular formula is C25H32N2O6S. The molecule has 0 N–H and O–H groups in total. The average molecular weight is 489 g/mol. The Morgan fingerprint density at radius 2 is 1.76 bits per heavy atom. The van der Waals surface area contributed by atoms with Crippen molar-refractivity contribution in [1.82, 2.24) is 9.21 Å². The first-order valence-electron chi connectivity index (χ1n) is 11.6. The van der Waals surface area contributed by atoms with E-state index >= 15 is 0 Å². The van der Waals surface area contributed by atoms with E-state index in [4.69, 9.17) is 14.2 Å². The Kier molecular flexibility index (Phi) is 7.75. The summed E-state index contributed by atoms with van der Waals surface area (Å²) < 4.78 is 43.1. The van der Waals surface area contributed by atoms with Crippen molar-refractivity contribution in [2.75, 3.05) is 47.1 Å². The maximum absolute atomic E-state index is 13.1.